The number of nitrogens with zero attached hydrogens (tertiary/aromatic N) is 1. The van der Waals surface area contributed by atoms with Gasteiger partial charge in [-0.1, -0.05) is 11.6 Å². The van der Waals surface area contributed by atoms with Crippen LogP contribution in [-0.4, -0.2) is 17.8 Å². The number of hydrogen-bond acceptors (Lipinski definition) is 3. The number of rotatable bonds is 1. The Morgan fingerprint density at radius 3 is 2.67 bits per heavy atom. The predicted octanol–water partition coefficient (Wildman–Crippen LogP) is 1.06. The third-order valence-corrected chi connectivity index (χ3v) is 1.42. The Morgan fingerprint density at radius 1 is 1.75 bits per heavy atom. The van der Waals surface area contributed by atoms with Crippen molar-refractivity contribution in [2.75, 3.05) is 13.0 Å². The van der Waals surface area contributed by atoms with E-state index >= 15 is 0 Å². The van der Waals surface area contributed by atoms with Gasteiger partial charge in [0.25, 0.3) is 0 Å². The summed E-state index contributed by atoms with van der Waals surface area (Å²) in [4.78, 5) is 10.9. The van der Waals surface area contributed by atoms with Crippen molar-refractivity contribution in [1.82, 2.24) is 4.68 Å². The van der Waals surface area contributed by atoms with Gasteiger partial charge in [-0.25, -0.2) is 4.79 Å². The molecule has 0 aromatic carbocycles. The van der Waals surface area contributed by atoms with Crippen LogP contribution in [0.3, 0.4) is 0 Å². The van der Waals surface area contributed by atoms with E-state index in [1.165, 1.54) is 19.4 Å². The predicted molar refractivity (Wildman–Crippen MR) is 48.2 cm³/mol. The number of esters is 1. The van der Waals surface area contributed by atoms with E-state index in [1.54, 1.807) is 0 Å². The maximum atomic E-state index is 10.9. The van der Waals surface area contributed by atoms with Gasteiger partial charge in [0.15, 0.2) is 0 Å². The molecule has 1 aromatic rings. The van der Waals surface area contributed by atoms with Crippen molar-refractivity contribution in [3.63, 3.8) is 0 Å². The fourth-order valence-corrected chi connectivity index (χ4v) is 0.922. The molecule has 4 nitrogen and oxygen atoms in total. The molecule has 1 aromatic heterocycles. The van der Waals surface area contributed by atoms with E-state index in [0.717, 1.165) is 4.68 Å². The maximum Gasteiger partial charge on any atom is 0.356 e. The normalized spacial score (nSPS) is 8.83. The first-order valence-electron chi connectivity index (χ1n) is 2.86. The lowest BCUT2D eigenvalue weighted by molar-refractivity contribution is 0.0591. The summed E-state index contributed by atoms with van der Waals surface area (Å²) in [5.41, 5.74) is 0.234. The zero-order chi connectivity index (χ0) is 8.43. The first-order valence-corrected chi connectivity index (χ1v) is 3.24. The number of carbonyl (C=O) groups excluding carboxylic acids is 1. The summed E-state index contributed by atoms with van der Waals surface area (Å²) in [7, 11) is 1.28. The molecule has 2 N–H and O–H groups in total. The molecule has 0 atom stereocenters. The summed E-state index contributed by atoms with van der Waals surface area (Å²) in [6, 6.07) is 1.44. The topological polar surface area (TPSA) is 57.2 Å². The van der Waals surface area contributed by atoms with Crippen molar-refractivity contribution in [3.05, 3.63) is 23.0 Å². The van der Waals surface area contributed by atoms with Gasteiger partial charge in [0, 0.05) is 6.20 Å². The fourth-order valence-electron chi connectivity index (χ4n) is 0.714. The van der Waals surface area contributed by atoms with Crippen molar-refractivity contribution in [2.45, 2.75) is 0 Å². The molecule has 68 valence electrons. The van der Waals surface area contributed by atoms with E-state index in [1.807, 2.05) is 0 Å². The highest BCUT2D eigenvalue weighted by atomic mass is 35.5. The van der Waals surface area contributed by atoms with Gasteiger partial charge in [-0.15, -0.1) is 12.4 Å². The van der Waals surface area contributed by atoms with Gasteiger partial charge in [0.2, 0.25) is 0 Å². The van der Waals surface area contributed by atoms with Crippen LogP contribution in [-0.2, 0) is 4.74 Å². The van der Waals surface area contributed by atoms with Crippen LogP contribution in [0, 0.1) is 0 Å². The third kappa shape index (κ3) is 2.06. The fraction of sp³-hybridized carbons (Fsp3) is 0.167. The Kier molecular flexibility index (Phi) is 3.92. The van der Waals surface area contributed by atoms with Crippen molar-refractivity contribution >= 4 is 30.0 Å². The number of halogens is 2. The van der Waals surface area contributed by atoms with Crippen LogP contribution in [0.15, 0.2) is 12.3 Å². The molecular formula is C6H8Cl2N2O2. The van der Waals surface area contributed by atoms with Crippen molar-refractivity contribution in [1.29, 1.82) is 0 Å². The molecule has 0 radical (unpaired) electrons. The summed E-state index contributed by atoms with van der Waals surface area (Å²) >= 11 is 5.56. The molecule has 0 fully saturated rings. The average molecular weight is 211 g/mol. The number of nitrogens with two attached hydrogens (primary N) is 1. The Morgan fingerprint density at radius 2 is 2.33 bits per heavy atom. The first-order chi connectivity index (χ1) is 5.15. The van der Waals surface area contributed by atoms with E-state index in [9.17, 15) is 4.79 Å². The Hall–Kier alpha value is -0.870. The van der Waals surface area contributed by atoms with Crippen LogP contribution in [0.2, 0.25) is 5.02 Å². The molecule has 0 unspecified atom stereocenters. The number of carbonyl (C=O) groups is 1. The van der Waals surface area contributed by atoms with Gasteiger partial charge >= 0.3 is 5.97 Å². The van der Waals surface area contributed by atoms with E-state index in [-0.39, 0.29) is 18.1 Å². The van der Waals surface area contributed by atoms with Crippen molar-refractivity contribution in [3.8, 4) is 0 Å². The van der Waals surface area contributed by atoms with Crippen LogP contribution < -0.4 is 5.84 Å². The Labute approximate surface area is 80.6 Å². The molecule has 0 aliphatic carbocycles. The molecular weight excluding hydrogens is 203 g/mol. The molecule has 0 bridgehead atoms. The molecule has 1 heterocycles. The van der Waals surface area contributed by atoms with Gasteiger partial charge < -0.3 is 10.6 Å². The van der Waals surface area contributed by atoms with Crippen LogP contribution >= 0.6 is 24.0 Å². The quantitative estimate of drug-likeness (QED) is 0.558. The molecule has 12 heavy (non-hydrogen) atoms. The summed E-state index contributed by atoms with van der Waals surface area (Å²) in [6.07, 6.45) is 1.42. The van der Waals surface area contributed by atoms with Gasteiger partial charge in [-0.3, -0.25) is 4.68 Å². The smallest absolute Gasteiger partial charge is 0.356 e. The van der Waals surface area contributed by atoms with E-state index in [2.05, 4.69) is 4.74 Å². The molecule has 0 saturated heterocycles. The van der Waals surface area contributed by atoms with Crippen LogP contribution in [0.1, 0.15) is 10.5 Å². The molecule has 6 heteroatoms. The van der Waals surface area contributed by atoms with Crippen LogP contribution in [0.25, 0.3) is 0 Å². The monoisotopic (exact) mass is 210 g/mol. The minimum absolute atomic E-state index is 0. The van der Waals surface area contributed by atoms with Gasteiger partial charge in [0.05, 0.1) is 12.1 Å². The summed E-state index contributed by atoms with van der Waals surface area (Å²) in [6.45, 7) is 0. The Balaban J connectivity index is 0.00000121. The second-order valence-electron chi connectivity index (χ2n) is 1.94. The molecule has 0 amide bonds. The number of ether oxygens (including phenoxy) is 1. The van der Waals surface area contributed by atoms with Gasteiger partial charge in [0.1, 0.15) is 5.69 Å². The molecule has 0 saturated carbocycles. The lowest BCUT2D eigenvalue weighted by atomic mass is 10.4. The number of methoxy groups -OCH3 is 1. The number of nitrogen functional groups attached to an aromatic ring is 1. The summed E-state index contributed by atoms with van der Waals surface area (Å²) in [5.74, 6) is 4.85. The summed E-state index contributed by atoms with van der Waals surface area (Å²) in [5, 5.41) is 0.410. The van der Waals surface area contributed by atoms with Crippen LogP contribution in [0.5, 0.6) is 0 Å². The first kappa shape index (κ1) is 11.1. The van der Waals surface area contributed by atoms with Gasteiger partial charge in [-0.05, 0) is 6.07 Å². The van der Waals surface area contributed by atoms with E-state index in [0.29, 0.717) is 5.02 Å². The number of aromatic nitrogens is 1. The van der Waals surface area contributed by atoms with E-state index < -0.39 is 5.97 Å². The molecule has 0 aliphatic heterocycles. The molecule has 1 rings (SSSR count). The zero-order valence-electron chi connectivity index (χ0n) is 6.28. The largest absolute Gasteiger partial charge is 0.464 e. The van der Waals surface area contributed by atoms with E-state index in [4.69, 9.17) is 17.4 Å². The van der Waals surface area contributed by atoms with Gasteiger partial charge in [-0.2, -0.15) is 0 Å². The highest BCUT2D eigenvalue weighted by Gasteiger charge is 2.10. The highest BCUT2D eigenvalue weighted by molar-refractivity contribution is 6.30. The SMILES string of the molecule is COC(=O)c1cc(Cl)cn1N.Cl. The van der Waals surface area contributed by atoms with Crippen LogP contribution in [0.4, 0.5) is 0 Å². The Bertz CT molecular complexity index is 285. The summed E-state index contributed by atoms with van der Waals surface area (Å²) < 4.78 is 5.55. The standard InChI is InChI=1S/C6H7ClN2O2.ClH/c1-11-6(10)5-2-4(7)3-9(5)8;/h2-3H,8H2,1H3;1H. The molecule has 0 aliphatic rings. The minimum Gasteiger partial charge on any atom is -0.464 e. The maximum absolute atomic E-state index is 10.9. The van der Waals surface area contributed by atoms with Crippen molar-refractivity contribution < 1.29 is 9.53 Å². The minimum atomic E-state index is -0.501. The lowest BCUT2D eigenvalue weighted by Gasteiger charge is -1.98. The highest BCUT2D eigenvalue weighted by Crippen LogP contribution is 2.11. The lowest BCUT2D eigenvalue weighted by Crippen LogP contribution is -2.15. The zero-order valence-corrected chi connectivity index (χ0v) is 7.85. The second-order valence-corrected chi connectivity index (χ2v) is 2.38. The molecule has 0 spiro atoms. The average Bonchev–Trinajstić information content (AvgIpc) is 2.28. The number of hydrogen-bond donors (Lipinski definition) is 1. The second kappa shape index (κ2) is 4.23. The van der Waals surface area contributed by atoms with Crippen molar-refractivity contribution in [2.24, 2.45) is 0 Å². The third-order valence-electron chi connectivity index (χ3n) is 1.21.